The van der Waals surface area contributed by atoms with Crippen molar-refractivity contribution in [3.8, 4) is 0 Å². The summed E-state index contributed by atoms with van der Waals surface area (Å²) in [6.07, 6.45) is 3.79. The van der Waals surface area contributed by atoms with Crippen LogP contribution in [0, 0.1) is 5.92 Å². The highest BCUT2D eigenvalue weighted by atomic mass is 16.3. The zero-order valence-electron chi connectivity index (χ0n) is 11.9. The number of nitrogens with zero attached hydrogens (tertiary/aromatic N) is 3. The summed E-state index contributed by atoms with van der Waals surface area (Å²) in [6.45, 7) is 3.13. The van der Waals surface area contributed by atoms with Gasteiger partial charge < -0.3 is 15.1 Å². The number of amides is 1. The lowest BCUT2D eigenvalue weighted by atomic mass is 9.91. The monoisotopic (exact) mass is 286 g/mol. The van der Waals surface area contributed by atoms with Crippen molar-refractivity contribution >= 4 is 11.7 Å². The standard InChI is InChI=1S/C15H18N4O2/c1-10-6-7-19(12(9-10)13-3-2-8-21-13)14-5-4-11(15(16)20)17-18-14/h2-5,8,10,12H,6-7,9H2,1H3,(H2,16,20)/t10-,12-/m0/s1. The van der Waals surface area contributed by atoms with Gasteiger partial charge in [-0.25, -0.2) is 0 Å². The molecule has 1 aliphatic heterocycles. The topological polar surface area (TPSA) is 85.2 Å². The van der Waals surface area contributed by atoms with Crippen LogP contribution in [-0.4, -0.2) is 22.6 Å². The quantitative estimate of drug-likeness (QED) is 0.934. The van der Waals surface area contributed by atoms with E-state index in [9.17, 15) is 4.79 Å². The Morgan fingerprint density at radius 2 is 2.24 bits per heavy atom. The molecule has 0 radical (unpaired) electrons. The molecule has 0 spiro atoms. The van der Waals surface area contributed by atoms with Crippen LogP contribution in [-0.2, 0) is 0 Å². The molecule has 0 bridgehead atoms. The lowest BCUT2D eigenvalue weighted by molar-refractivity contribution is 0.0994. The largest absolute Gasteiger partial charge is 0.467 e. The van der Waals surface area contributed by atoms with Crippen molar-refractivity contribution in [1.82, 2.24) is 10.2 Å². The van der Waals surface area contributed by atoms with Crippen LogP contribution in [0.3, 0.4) is 0 Å². The molecule has 0 aromatic carbocycles. The summed E-state index contributed by atoms with van der Waals surface area (Å²) in [5.74, 6) is 1.74. The number of carbonyl (C=O) groups excluding carboxylic acids is 1. The van der Waals surface area contributed by atoms with E-state index in [4.69, 9.17) is 10.2 Å². The van der Waals surface area contributed by atoms with E-state index in [0.717, 1.165) is 31.0 Å². The van der Waals surface area contributed by atoms with E-state index >= 15 is 0 Å². The molecule has 1 amide bonds. The van der Waals surface area contributed by atoms with Crippen molar-refractivity contribution in [2.24, 2.45) is 11.7 Å². The summed E-state index contributed by atoms with van der Waals surface area (Å²) in [6, 6.07) is 7.44. The normalized spacial score (nSPS) is 22.2. The first-order chi connectivity index (χ1) is 10.1. The summed E-state index contributed by atoms with van der Waals surface area (Å²) in [5, 5.41) is 8.03. The maximum Gasteiger partial charge on any atom is 0.269 e. The SMILES string of the molecule is C[C@H]1CCN(c2ccc(C(N)=O)nn2)[C@H](c2ccco2)C1. The number of anilines is 1. The molecule has 0 unspecified atom stereocenters. The fourth-order valence-electron chi connectivity index (χ4n) is 2.78. The Morgan fingerprint density at radius 3 is 2.86 bits per heavy atom. The van der Waals surface area contributed by atoms with Gasteiger partial charge in [0.25, 0.3) is 5.91 Å². The van der Waals surface area contributed by atoms with Gasteiger partial charge >= 0.3 is 0 Å². The molecular weight excluding hydrogens is 268 g/mol. The molecule has 2 aromatic heterocycles. The van der Waals surface area contributed by atoms with Gasteiger partial charge in [0.15, 0.2) is 11.5 Å². The van der Waals surface area contributed by atoms with Crippen LogP contribution in [0.5, 0.6) is 0 Å². The summed E-state index contributed by atoms with van der Waals surface area (Å²) in [7, 11) is 0. The van der Waals surface area contributed by atoms with E-state index in [-0.39, 0.29) is 11.7 Å². The third-order valence-corrected chi connectivity index (χ3v) is 3.93. The van der Waals surface area contributed by atoms with Crippen molar-refractivity contribution in [3.05, 3.63) is 42.0 Å². The molecule has 2 atom stereocenters. The second-order valence-corrected chi connectivity index (χ2v) is 5.50. The van der Waals surface area contributed by atoms with Gasteiger partial charge in [-0.2, -0.15) is 0 Å². The van der Waals surface area contributed by atoms with Gasteiger partial charge in [-0.15, -0.1) is 10.2 Å². The van der Waals surface area contributed by atoms with Crippen molar-refractivity contribution < 1.29 is 9.21 Å². The highest BCUT2D eigenvalue weighted by Crippen LogP contribution is 2.36. The molecular formula is C15H18N4O2. The maximum atomic E-state index is 11.1. The zero-order valence-corrected chi connectivity index (χ0v) is 11.9. The highest BCUT2D eigenvalue weighted by molar-refractivity contribution is 5.90. The number of furan rings is 1. The van der Waals surface area contributed by atoms with Crippen LogP contribution in [0.4, 0.5) is 5.82 Å². The Labute approximate surface area is 123 Å². The molecule has 0 aliphatic carbocycles. The zero-order chi connectivity index (χ0) is 14.8. The van der Waals surface area contributed by atoms with Crippen LogP contribution in [0.15, 0.2) is 34.9 Å². The van der Waals surface area contributed by atoms with Gasteiger partial charge in [-0.1, -0.05) is 6.92 Å². The first-order valence-corrected chi connectivity index (χ1v) is 7.08. The van der Waals surface area contributed by atoms with Crippen LogP contribution in [0.25, 0.3) is 0 Å². The molecule has 1 aliphatic rings. The lowest BCUT2D eigenvalue weighted by Gasteiger charge is -2.37. The molecule has 6 heteroatoms. The van der Waals surface area contributed by atoms with Crippen LogP contribution in [0.1, 0.15) is 42.1 Å². The number of rotatable bonds is 3. The first-order valence-electron chi connectivity index (χ1n) is 7.08. The molecule has 1 saturated heterocycles. The molecule has 3 heterocycles. The minimum Gasteiger partial charge on any atom is -0.467 e. The number of primary amides is 1. The highest BCUT2D eigenvalue weighted by Gasteiger charge is 2.30. The average Bonchev–Trinajstić information content (AvgIpc) is 3.01. The Kier molecular flexibility index (Phi) is 3.60. The number of piperidine rings is 1. The molecule has 0 saturated carbocycles. The Hall–Kier alpha value is -2.37. The molecule has 21 heavy (non-hydrogen) atoms. The van der Waals surface area contributed by atoms with Gasteiger partial charge in [-0.3, -0.25) is 4.79 Å². The number of nitrogens with two attached hydrogens (primary N) is 1. The van der Waals surface area contributed by atoms with Gasteiger partial charge in [0.1, 0.15) is 5.76 Å². The van der Waals surface area contributed by atoms with Gasteiger partial charge in [0, 0.05) is 6.54 Å². The lowest BCUT2D eigenvalue weighted by Crippen LogP contribution is -2.36. The fourth-order valence-corrected chi connectivity index (χ4v) is 2.78. The van der Waals surface area contributed by atoms with Crippen LogP contribution >= 0.6 is 0 Å². The molecule has 2 N–H and O–H groups in total. The second kappa shape index (κ2) is 5.55. The fraction of sp³-hybridized carbons (Fsp3) is 0.400. The van der Waals surface area contributed by atoms with E-state index in [1.54, 1.807) is 18.4 Å². The molecule has 110 valence electrons. The number of hydrogen-bond donors (Lipinski definition) is 1. The summed E-state index contributed by atoms with van der Waals surface area (Å²) in [4.78, 5) is 13.3. The molecule has 6 nitrogen and oxygen atoms in total. The Balaban J connectivity index is 1.89. The van der Waals surface area contributed by atoms with Crippen molar-refractivity contribution in [1.29, 1.82) is 0 Å². The van der Waals surface area contributed by atoms with Gasteiger partial charge in [-0.05, 0) is 43.0 Å². The molecule has 2 aromatic rings. The molecule has 3 rings (SSSR count). The number of aromatic nitrogens is 2. The van der Waals surface area contributed by atoms with Crippen molar-refractivity contribution in [2.45, 2.75) is 25.8 Å². The van der Waals surface area contributed by atoms with Crippen molar-refractivity contribution in [2.75, 3.05) is 11.4 Å². The van der Waals surface area contributed by atoms with Gasteiger partial charge in [0.2, 0.25) is 0 Å². The number of carbonyl (C=O) groups is 1. The summed E-state index contributed by atoms with van der Waals surface area (Å²) in [5.41, 5.74) is 5.37. The van der Waals surface area contributed by atoms with Crippen LogP contribution in [0.2, 0.25) is 0 Å². The van der Waals surface area contributed by atoms with E-state index in [1.165, 1.54) is 0 Å². The van der Waals surface area contributed by atoms with E-state index < -0.39 is 5.91 Å². The predicted octanol–water partition coefficient (Wildman–Crippen LogP) is 2.15. The summed E-state index contributed by atoms with van der Waals surface area (Å²) < 4.78 is 5.57. The van der Waals surface area contributed by atoms with E-state index in [0.29, 0.717) is 5.92 Å². The Morgan fingerprint density at radius 1 is 1.38 bits per heavy atom. The van der Waals surface area contributed by atoms with Crippen molar-refractivity contribution in [3.63, 3.8) is 0 Å². The number of hydrogen-bond acceptors (Lipinski definition) is 5. The van der Waals surface area contributed by atoms with E-state index in [1.807, 2.05) is 12.1 Å². The minimum atomic E-state index is -0.566. The average molecular weight is 286 g/mol. The third-order valence-electron chi connectivity index (χ3n) is 3.93. The first kappa shape index (κ1) is 13.6. The van der Waals surface area contributed by atoms with E-state index in [2.05, 4.69) is 22.0 Å². The van der Waals surface area contributed by atoms with Gasteiger partial charge in [0.05, 0.1) is 12.3 Å². The molecule has 1 fully saturated rings. The Bertz CT molecular complexity index is 609. The van der Waals surface area contributed by atoms with Crippen LogP contribution < -0.4 is 10.6 Å². The summed E-state index contributed by atoms with van der Waals surface area (Å²) >= 11 is 0. The predicted molar refractivity (Wildman–Crippen MR) is 77.7 cm³/mol. The second-order valence-electron chi connectivity index (χ2n) is 5.50. The minimum absolute atomic E-state index is 0.150. The maximum absolute atomic E-state index is 11.1. The third kappa shape index (κ3) is 2.74. The smallest absolute Gasteiger partial charge is 0.269 e.